The Morgan fingerprint density at radius 2 is 1.69 bits per heavy atom. The summed E-state index contributed by atoms with van der Waals surface area (Å²) in [6.07, 6.45) is 2.66. The second-order valence-electron chi connectivity index (χ2n) is 6.90. The molecule has 4 aromatic rings. The SMILES string of the molecule is CCCn1ccc2c(OCC(=O)Nc3cccc4ccccc34)cccc2c1=O. The van der Waals surface area contributed by atoms with Crippen molar-refractivity contribution in [3.63, 3.8) is 0 Å². The molecule has 0 aliphatic carbocycles. The van der Waals surface area contributed by atoms with E-state index in [1.807, 2.05) is 55.5 Å². The highest BCUT2D eigenvalue weighted by molar-refractivity contribution is 6.02. The van der Waals surface area contributed by atoms with E-state index in [9.17, 15) is 9.59 Å². The molecule has 0 saturated heterocycles. The van der Waals surface area contributed by atoms with Crippen LogP contribution >= 0.6 is 0 Å². The monoisotopic (exact) mass is 386 g/mol. The Morgan fingerprint density at radius 3 is 2.55 bits per heavy atom. The Hall–Kier alpha value is -3.60. The van der Waals surface area contributed by atoms with Crippen LogP contribution in [0, 0.1) is 0 Å². The second kappa shape index (κ2) is 8.19. The number of hydrogen-bond acceptors (Lipinski definition) is 3. The van der Waals surface area contributed by atoms with Crippen molar-refractivity contribution in [2.45, 2.75) is 19.9 Å². The molecular weight excluding hydrogens is 364 g/mol. The van der Waals surface area contributed by atoms with Gasteiger partial charge in [0.15, 0.2) is 6.61 Å². The first-order chi connectivity index (χ1) is 14.2. The number of nitrogens with one attached hydrogen (secondary N) is 1. The van der Waals surface area contributed by atoms with Crippen LogP contribution in [0.4, 0.5) is 5.69 Å². The van der Waals surface area contributed by atoms with Crippen molar-refractivity contribution >= 4 is 33.1 Å². The van der Waals surface area contributed by atoms with E-state index >= 15 is 0 Å². The Kier molecular flexibility index (Phi) is 5.29. The number of nitrogens with zero attached hydrogens (tertiary/aromatic N) is 1. The fourth-order valence-corrected chi connectivity index (χ4v) is 3.50. The molecule has 1 heterocycles. The van der Waals surface area contributed by atoms with Gasteiger partial charge >= 0.3 is 0 Å². The average molecular weight is 386 g/mol. The Bertz CT molecular complexity index is 1240. The molecule has 5 heteroatoms. The summed E-state index contributed by atoms with van der Waals surface area (Å²) in [7, 11) is 0. The van der Waals surface area contributed by atoms with Gasteiger partial charge in [-0.3, -0.25) is 9.59 Å². The molecule has 4 rings (SSSR count). The fraction of sp³-hybridized carbons (Fsp3) is 0.167. The van der Waals surface area contributed by atoms with Crippen LogP contribution in [0.25, 0.3) is 21.5 Å². The molecule has 0 spiro atoms. The minimum atomic E-state index is -0.252. The van der Waals surface area contributed by atoms with E-state index in [1.54, 1.807) is 29.0 Å². The van der Waals surface area contributed by atoms with Crippen LogP contribution in [0.1, 0.15) is 13.3 Å². The predicted molar refractivity (Wildman–Crippen MR) is 117 cm³/mol. The first-order valence-electron chi connectivity index (χ1n) is 9.70. The molecule has 3 aromatic carbocycles. The number of fused-ring (bicyclic) bond motifs is 2. The molecule has 0 aliphatic heterocycles. The van der Waals surface area contributed by atoms with E-state index < -0.39 is 0 Å². The number of benzene rings is 3. The Labute approximate surface area is 168 Å². The van der Waals surface area contributed by atoms with E-state index in [4.69, 9.17) is 4.74 Å². The normalized spacial score (nSPS) is 10.9. The summed E-state index contributed by atoms with van der Waals surface area (Å²) in [4.78, 5) is 25.1. The van der Waals surface area contributed by atoms with Crippen molar-refractivity contribution < 1.29 is 9.53 Å². The summed E-state index contributed by atoms with van der Waals surface area (Å²) in [5, 5.41) is 6.25. The summed E-state index contributed by atoms with van der Waals surface area (Å²) >= 11 is 0. The zero-order valence-corrected chi connectivity index (χ0v) is 16.2. The van der Waals surface area contributed by atoms with Crippen molar-refractivity contribution in [2.24, 2.45) is 0 Å². The van der Waals surface area contributed by atoms with E-state index in [-0.39, 0.29) is 18.1 Å². The summed E-state index contributed by atoms with van der Waals surface area (Å²) in [6, 6.07) is 20.9. The lowest BCUT2D eigenvalue weighted by molar-refractivity contribution is -0.118. The number of carbonyl (C=O) groups is 1. The number of ether oxygens (including phenoxy) is 1. The number of rotatable bonds is 6. The lowest BCUT2D eigenvalue weighted by Crippen LogP contribution is -2.21. The molecule has 1 amide bonds. The van der Waals surface area contributed by atoms with Crippen LogP contribution in [0.3, 0.4) is 0 Å². The van der Waals surface area contributed by atoms with Crippen LogP contribution in [0.2, 0.25) is 0 Å². The van der Waals surface area contributed by atoms with E-state index in [0.29, 0.717) is 23.1 Å². The highest BCUT2D eigenvalue weighted by Crippen LogP contribution is 2.24. The highest BCUT2D eigenvalue weighted by Gasteiger charge is 2.10. The molecule has 0 unspecified atom stereocenters. The van der Waals surface area contributed by atoms with Crippen LogP contribution in [-0.2, 0) is 11.3 Å². The van der Waals surface area contributed by atoms with E-state index in [2.05, 4.69) is 5.32 Å². The van der Waals surface area contributed by atoms with Gasteiger partial charge in [-0.05, 0) is 36.1 Å². The largest absolute Gasteiger partial charge is 0.483 e. The molecule has 0 aliphatic rings. The highest BCUT2D eigenvalue weighted by atomic mass is 16.5. The molecule has 0 atom stereocenters. The standard InChI is InChI=1S/C24H22N2O3/c1-2-14-26-15-13-19-20(24(26)28)10-6-12-22(19)29-16-23(27)25-21-11-5-8-17-7-3-4-9-18(17)21/h3-13,15H,2,14,16H2,1H3,(H,25,27). The minimum absolute atomic E-state index is 0.0463. The van der Waals surface area contributed by atoms with Crippen LogP contribution in [0.15, 0.2) is 77.7 Å². The van der Waals surface area contributed by atoms with Gasteiger partial charge in [-0.25, -0.2) is 0 Å². The smallest absolute Gasteiger partial charge is 0.262 e. The average Bonchev–Trinajstić information content (AvgIpc) is 2.75. The van der Waals surface area contributed by atoms with Gasteiger partial charge in [0.1, 0.15) is 5.75 Å². The molecule has 5 nitrogen and oxygen atoms in total. The molecule has 0 radical (unpaired) electrons. The lowest BCUT2D eigenvalue weighted by Gasteiger charge is -2.12. The quantitative estimate of drug-likeness (QED) is 0.528. The summed E-state index contributed by atoms with van der Waals surface area (Å²) < 4.78 is 7.45. The number of amides is 1. The van der Waals surface area contributed by atoms with Gasteiger partial charge in [0.25, 0.3) is 11.5 Å². The van der Waals surface area contributed by atoms with Gasteiger partial charge in [-0.1, -0.05) is 49.4 Å². The van der Waals surface area contributed by atoms with Crippen molar-refractivity contribution in [3.05, 3.63) is 83.3 Å². The van der Waals surface area contributed by atoms with Crippen molar-refractivity contribution in [1.29, 1.82) is 0 Å². The van der Waals surface area contributed by atoms with E-state index in [0.717, 1.165) is 22.9 Å². The van der Waals surface area contributed by atoms with Crippen LogP contribution in [-0.4, -0.2) is 17.1 Å². The van der Waals surface area contributed by atoms with Gasteiger partial charge in [0.2, 0.25) is 0 Å². The number of carbonyl (C=O) groups excluding carboxylic acids is 1. The number of anilines is 1. The number of aryl methyl sites for hydroxylation is 1. The van der Waals surface area contributed by atoms with E-state index in [1.165, 1.54) is 0 Å². The van der Waals surface area contributed by atoms with Crippen molar-refractivity contribution in [3.8, 4) is 5.75 Å². The van der Waals surface area contributed by atoms with Gasteiger partial charge in [-0.2, -0.15) is 0 Å². The third-order valence-electron chi connectivity index (χ3n) is 4.87. The zero-order chi connectivity index (χ0) is 20.2. The third kappa shape index (κ3) is 3.85. The third-order valence-corrected chi connectivity index (χ3v) is 4.87. The molecule has 1 aromatic heterocycles. The lowest BCUT2D eigenvalue weighted by atomic mass is 10.1. The second-order valence-corrected chi connectivity index (χ2v) is 6.90. The molecule has 29 heavy (non-hydrogen) atoms. The Balaban J connectivity index is 1.53. The van der Waals surface area contributed by atoms with Crippen molar-refractivity contribution in [1.82, 2.24) is 4.57 Å². The Morgan fingerprint density at radius 1 is 0.931 bits per heavy atom. The predicted octanol–water partition coefficient (Wildman–Crippen LogP) is 4.58. The number of hydrogen-bond donors (Lipinski definition) is 1. The summed E-state index contributed by atoms with van der Waals surface area (Å²) in [5.41, 5.74) is 0.701. The molecule has 0 saturated carbocycles. The number of aromatic nitrogens is 1. The molecule has 0 bridgehead atoms. The first-order valence-corrected chi connectivity index (χ1v) is 9.70. The zero-order valence-electron chi connectivity index (χ0n) is 16.2. The maximum Gasteiger partial charge on any atom is 0.262 e. The van der Waals surface area contributed by atoms with Crippen molar-refractivity contribution in [2.75, 3.05) is 11.9 Å². The minimum Gasteiger partial charge on any atom is -0.483 e. The van der Waals surface area contributed by atoms with Crippen LogP contribution < -0.4 is 15.6 Å². The van der Waals surface area contributed by atoms with Gasteiger partial charge in [0, 0.05) is 29.2 Å². The van der Waals surface area contributed by atoms with Crippen LogP contribution in [0.5, 0.6) is 5.75 Å². The molecule has 1 N–H and O–H groups in total. The number of pyridine rings is 1. The summed E-state index contributed by atoms with van der Waals surface area (Å²) in [5.74, 6) is 0.272. The molecular formula is C24H22N2O3. The van der Waals surface area contributed by atoms with Gasteiger partial charge in [0.05, 0.1) is 5.39 Å². The maximum atomic E-state index is 12.6. The maximum absolute atomic E-state index is 12.6. The topological polar surface area (TPSA) is 60.3 Å². The molecule has 0 fully saturated rings. The molecule has 146 valence electrons. The van der Waals surface area contributed by atoms with Gasteiger partial charge < -0.3 is 14.6 Å². The first kappa shape index (κ1) is 18.7. The van der Waals surface area contributed by atoms with Gasteiger partial charge in [-0.15, -0.1) is 0 Å². The fourth-order valence-electron chi connectivity index (χ4n) is 3.50. The summed E-state index contributed by atoms with van der Waals surface area (Å²) in [6.45, 7) is 2.57.